The van der Waals surface area contributed by atoms with E-state index < -0.39 is 36.8 Å². The van der Waals surface area contributed by atoms with Crippen LogP contribution < -0.4 is 10.6 Å². The van der Waals surface area contributed by atoms with Gasteiger partial charge in [0.15, 0.2) is 6.61 Å². The topological polar surface area (TPSA) is 102 Å². The fourth-order valence-corrected chi connectivity index (χ4v) is 3.29. The minimum absolute atomic E-state index is 0.138. The monoisotopic (exact) mass is 468 g/mol. The van der Waals surface area contributed by atoms with Gasteiger partial charge in [0.1, 0.15) is 6.54 Å². The number of benzene rings is 2. The molecule has 0 unspecified atom stereocenters. The average molecular weight is 469 g/mol. The van der Waals surface area contributed by atoms with E-state index >= 15 is 0 Å². The number of carbonyl (C=O) groups excluding carboxylic acids is 4. The Morgan fingerprint density at radius 3 is 2.37 bits per heavy atom. The molecular weight excluding hydrogens is 451 g/mol. The molecule has 0 atom stereocenters. The van der Waals surface area contributed by atoms with Gasteiger partial charge in [-0.05, 0) is 30.3 Å². The Kier molecular flexibility index (Phi) is 9.66. The molecule has 0 saturated heterocycles. The molecule has 0 aliphatic carbocycles. The maximum atomic E-state index is 12.0. The van der Waals surface area contributed by atoms with Crippen LogP contribution in [0.15, 0.2) is 53.4 Å². The lowest BCUT2D eigenvalue weighted by molar-refractivity contribution is -0.148. The summed E-state index contributed by atoms with van der Waals surface area (Å²) in [6, 6.07) is 13.8. The van der Waals surface area contributed by atoms with E-state index in [1.807, 2.05) is 30.3 Å². The van der Waals surface area contributed by atoms with Crippen molar-refractivity contribution in [1.82, 2.24) is 10.6 Å². The molecule has 0 aliphatic heterocycles. The van der Waals surface area contributed by atoms with Crippen molar-refractivity contribution in [3.63, 3.8) is 0 Å². The third kappa shape index (κ3) is 8.44. The molecule has 0 spiro atoms. The van der Waals surface area contributed by atoms with Gasteiger partial charge in [-0.2, -0.15) is 0 Å². The Balaban J connectivity index is 1.62. The molecule has 2 aromatic carbocycles. The summed E-state index contributed by atoms with van der Waals surface area (Å²) in [5, 5.41) is 4.98. The summed E-state index contributed by atoms with van der Waals surface area (Å²) in [6.07, 6.45) is 0.138. The van der Waals surface area contributed by atoms with Crippen LogP contribution in [-0.4, -0.2) is 42.6 Å². The number of imide groups is 1. The standard InChI is InChI=1S/C20H18Cl2N2O5S/c21-15-7-6-13(10-16(15)22)20(28)23-11-19(27)29-12-18(26)24-17(25)8-9-30-14-4-2-1-3-5-14/h1-7,10H,8-9,11-12H2,(H,23,28)(H,24,25,26). The van der Waals surface area contributed by atoms with E-state index in [1.54, 1.807) is 0 Å². The predicted octanol–water partition coefficient (Wildman–Crippen LogP) is 3.09. The first-order valence-electron chi connectivity index (χ1n) is 8.74. The molecule has 0 bridgehead atoms. The second kappa shape index (κ2) is 12.2. The Bertz CT molecular complexity index is 925. The van der Waals surface area contributed by atoms with Crippen molar-refractivity contribution in [2.24, 2.45) is 0 Å². The Morgan fingerprint density at radius 2 is 1.67 bits per heavy atom. The molecule has 2 N–H and O–H groups in total. The largest absolute Gasteiger partial charge is 0.454 e. The first kappa shape index (κ1) is 23.7. The molecular formula is C20H18Cl2N2O5S. The quantitative estimate of drug-likeness (QED) is 0.433. The van der Waals surface area contributed by atoms with Crippen molar-refractivity contribution in [2.45, 2.75) is 11.3 Å². The van der Waals surface area contributed by atoms with E-state index in [4.69, 9.17) is 27.9 Å². The molecule has 3 amide bonds. The lowest BCUT2D eigenvalue weighted by Gasteiger charge is -2.08. The van der Waals surface area contributed by atoms with Crippen LogP contribution >= 0.6 is 35.0 Å². The number of rotatable bonds is 9. The normalized spacial score (nSPS) is 10.2. The van der Waals surface area contributed by atoms with Crippen molar-refractivity contribution >= 4 is 58.7 Å². The fraction of sp³-hybridized carbons (Fsp3) is 0.200. The van der Waals surface area contributed by atoms with E-state index in [9.17, 15) is 19.2 Å². The van der Waals surface area contributed by atoms with Crippen molar-refractivity contribution in [2.75, 3.05) is 18.9 Å². The maximum Gasteiger partial charge on any atom is 0.325 e. The minimum Gasteiger partial charge on any atom is -0.454 e. The number of thioether (sulfide) groups is 1. The van der Waals surface area contributed by atoms with Gasteiger partial charge in [0.25, 0.3) is 11.8 Å². The highest BCUT2D eigenvalue weighted by Gasteiger charge is 2.13. The SMILES string of the molecule is O=C(CCSc1ccccc1)NC(=O)COC(=O)CNC(=O)c1ccc(Cl)c(Cl)c1. The average Bonchev–Trinajstić information content (AvgIpc) is 2.73. The third-order valence-electron chi connectivity index (χ3n) is 3.56. The zero-order chi connectivity index (χ0) is 21.9. The molecule has 0 aromatic heterocycles. The summed E-state index contributed by atoms with van der Waals surface area (Å²) >= 11 is 13.1. The van der Waals surface area contributed by atoms with E-state index in [1.165, 1.54) is 30.0 Å². The summed E-state index contributed by atoms with van der Waals surface area (Å²) in [5.74, 6) is -2.09. The summed E-state index contributed by atoms with van der Waals surface area (Å²) in [4.78, 5) is 48.1. The summed E-state index contributed by atoms with van der Waals surface area (Å²) in [5.41, 5.74) is 0.217. The number of hydrogen-bond donors (Lipinski definition) is 2. The van der Waals surface area contributed by atoms with E-state index in [2.05, 4.69) is 10.6 Å². The van der Waals surface area contributed by atoms with Gasteiger partial charge in [0.2, 0.25) is 5.91 Å². The molecule has 0 heterocycles. The molecule has 0 radical (unpaired) electrons. The van der Waals surface area contributed by atoms with Gasteiger partial charge in [0.05, 0.1) is 10.0 Å². The van der Waals surface area contributed by atoms with E-state index in [0.717, 1.165) is 4.90 Å². The van der Waals surface area contributed by atoms with Crippen LogP contribution in [0.1, 0.15) is 16.8 Å². The number of halogens is 2. The second-order valence-electron chi connectivity index (χ2n) is 5.86. The highest BCUT2D eigenvalue weighted by Crippen LogP contribution is 2.22. The van der Waals surface area contributed by atoms with Crippen LogP contribution in [0.3, 0.4) is 0 Å². The van der Waals surface area contributed by atoms with Crippen molar-refractivity contribution < 1.29 is 23.9 Å². The van der Waals surface area contributed by atoms with Gasteiger partial charge in [0, 0.05) is 22.6 Å². The van der Waals surface area contributed by atoms with Crippen molar-refractivity contribution in [3.8, 4) is 0 Å². The van der Waals surface area contributed by atoms with Gasteiger partial charge >= 0.3 is 5.97 Å². The van der Waals surface area contributed by atoms with Crippen LogP contribution in [-0.2, 0) is 19.1 Å². The predicted molar refractivity (Wildman–Crippen MR) is 115 cm³/mol. The number of amides is 3. The number of esters is 1. The Morgan fingerprint density at radius 1 is 0.933 bits per heavy atom. The van der Waals surface area contributed by atoms with Crippen LogP contribution in [0, 0.1) is 0 Å². The molecule has 2 aromatic rings. The summed E-state index contributed by atoms with van der Waals surface area (Å²) in [6.45, 7) is -1.08. The summed E-state index contributed by atoms with van der Waals surface area (Å²) in [7, 11) is 0. The van der Waals surface area contributed by atoms with Crippen molar-refractivity contribution in [1.29, 1.82) is 0 Å². The van der Waals surface area contributed by atoms with Gasteiger partial charge in [-0.1, -0.05) is 41.4 Å². The lowest BCUT2D eigenvalue weighted by Crippen LogP contribution is -2.36. The van der Waals surface area contributed by atoms with Crippen LogP contribution in [0.2, 0.25) is 10.0 Å². The molecule has 0 aliphatic rings. The number of hydrogen-bond acceptors (Lipinski definition) is 6. The molecule has 158 valence electrons. The van der Waals surface area contributed by atoms with Crippen molar-refractivity contribution in [3.05, 3.63) is 64.1 Å². The maximum absolute atomic E-state index is 12.0. The highest BCUT2D eigenvalue weighted by molar-refractivity contribution is 7.99. The molecule has 0 saturated carbocycles. The van der Waals surface area contributed by atoms with Gasteiger partial charge in [-0.3, -0.25) is 24.5 Å². The van der Waals surface area contributed by atoms with E-state index in [0.29, 0.717) is 10.8 Å². The van der Waals surface area contributed by atoms with Crippen LogP contribution in [0.25, 0.3) is 0 Å². The third-order valence-corrected chi connectivity index (χ3v) is 5.31. The minimum atomic E-state index is -0.828. The Hall–Kier alpha value is -2.55. The highest BCUT2D eigenvalue weighted by atomic mass is 35.5. The number of nitrogens with one attached hydrogen (secondary N) is 2. The van der Waals surface area contributed by atoms with Crippen LogP contribution in [0.5, 0.6) is 0 Å². The van der Waals surface area contributed by atoms with Gasteiger partial charge < -0.3 is 10.1 Å². The summed E-state index contributed by atoms with van der Waals surface area (Å²) < 4.78 is 4.74. The first-order valence-corrected chi connectivity index (χ1v) is 10.5. The fourth-order valence-electron chi connectivity index (χ4n) is 2.12. The Labute approximate surface area is 187 Å². The van der Waals surface area contributed by atoms with Gasteiger partial charge in [-0.15, -0.1) is 11.8 Å². The number of ether oxygens (including phenoxy) is 1. The zero-order valence-electron chi connectivity index (χ0n) is 15.7. The zero-order valence-corrected chi connectivity index (χ0v) is 18.0. The first-order chi connectivity index (χ1) is 14.3. The van der Waals surface area contributed by atoms with E-state index in [-0.39, 0.29) is 17.0 Å². The smallest absolute Gasteiger partial charge is 0.325 e. The lowest BCUT2D eigenvalue weighted by atomic mass is 10.2. The van der Waals surface area contributed by atoms with Gasteiger partial charge in [-0.25, -0.2) is 0 Å². The van der Waals surface area contributed by atoms with Crippen LogP contribution in [0.4, 0.5) is 0 Å². The molecule has 2 rings (SSSR count). The number of carbonyl (C=O) groups is 4. The molecule has 30 heavy (non-hydrogen) atoms. The molecule has 7 nitrogen and oxygen atoms in total. The molecule has 0 fully saturated rings. The molecule has 10 heteroatoms. The second-order valence-corrected chi connectivity index (χ2v) is 7.84.